The fraction of sp³-hybridized carbons (Fsp3) is 0.393. The number of anilines is 2. The number of alkyl halides is 3. The molecule has 10 heteroatoms. The molecule has 2 aromatic carbocycles. The van der Waals surface area contributed by atoms with E-state index < -0.39 is 17.9 Å². The van der Waals surface area contributed by atoms with Gasteiger partial charge in [0.25, 0.3) is 0 Å². The number of amides is 2. The molecule has 2 N–H and O–H groups in total. The van der Waals surface area contributed by atoms with Gasteiger partial charge in [0.05, 0.1) is 5.52 Å². The maximum Gasteiger partial charge on any atom is 0.433 e. The molecule has 2 heterocycles. The van der Waals surface area contributed by atoms with Crippen molar-refractivity contribution in [3.05, 3.63) is 65.3 Å². The second-order valence-corrected chi connectivity index (χ2v) is 10.4. The molecular weight excluding hydrogens is 517 g/mol. The predicted octanol–water partition coefficient (Wildman–Crippen LogP) is 6.19. The lowest BCUT2D eigenvalue weighted by molar-refractivity contribution is -0.141. The van der Waals surface area contributed by atoms with Crippen molar-refractivity contribution in [2.45, 2.75) is 56.8 Å². The number of fused-ring (bicyclic) bond motifs is 1. The number of hydrogen-bond donors (Lipinski definition) is 2. The summed E-state index contributed by atoms with van der Waals surface area (Å²) in [5.74, 6) is 0.0552. The maximum absolute atomic E-state index is 13.4. The third kappa shape index (κ3) is 5.72. The van der Waals surface area contributed by atoms with E-state index in [0.29, 0.717) is 35.5 Å². The Kier molecular flexibility index (Phi) is 7.47. The molecule has 5 rings (SSSR count). The van der Waals surface area contributed by atoms with Gasteiger partial charge in [0.2, 0.25) is 11.8 Å². The normalized spacial score (nSPS) is 22.1. The van der Waals surface area contributed by atoms with Crippen LogP contribution in [-0.2, 0) is 15.8 Å². The van der Waals surface area contributed by atoms with Gasteiger partial charge >= 0.3 is 6.18 Å². The zero-order chi connectivity index (χ0) is 26.9. The summed E-state index contributed by atoms with van der Waals surface area (Å²) in [5, 5.41) is 7.29. The number of pyridine rings is 1. The highest BCUT2D eigenvalue weighted by atomic mass is 35.5. The molecule has 3 aromatic rings. The number of nitrogens with zero attached hydrogens (tertiary/aromatic N) is 2. The molecule has 1 aliphatic heterocycles. The van der Waals surface area contributed by atoms with Crippen LogP contribution in [0, 0.1) is 5.92 Å². The summed E-state index contributed by atoms with van der Waals surface area (Å²) >= 11 is 6.09. The molecule has 0 radical (unpaired) electrons. The third-order valence-corrected chi connectivity index (χ3v) is 7.62. The Balaban J connectivity index is 1.18. The number of benzene rings is 2. The minimum atomic E-state index is -4.56. The topological polar surface area (TPSA) is 74.3 Å². The molecule has 2 fully saturated rings. The number of hydrogen-bond acceptors (Lipinski definition) is 4. The predicted molar refractivity (Wildman–Crippen MR) is 141 cm³/mol. The number of aromatic nitrogens is 1. The Morgan fingerprint density at radius 3 is 2.47 bits per heavy atom. The highest BCUT2D eigenvalue weighted by molar-refractivity contribution is 6.31. The smallest absolute Gasteiger partial charge is 0.384 e. The van der Waals surface area contributed by atoms with E-state index in [2.05, 4.69) is 15.6 Å². The Labute approximate surface area is 223 Å². The molecule has 1 aliphatic carbocycles. The van der Waals surface area contributed by atoms with E-state index in [9.17, 15) is 22.8 Å². The Morgan fingerprint density at radius 1 is 1.03 bits per heavy atom. The van der Waals surface area contributed by atoms with E-state index >= 15 is 0 Å². The largest absolute Gasteiger partial charge is 0.433 e. The summed E-state index contributed by atoms with van der Waals surface area (Å²) in [4.78, 5) is 30.9. The average Bonchev–Trinajstić information content (AvgIpc) is 3.29. The van der Waals surface area contributed by atoms with Gasteiger partial charge in [0, 0.05) is 40.8 Å². The first kappa shape index (κ1) is 26.3. The van der Waals surface area contributed by atoms with Gasteiger partial charge in [-0.3, -0.25) is 14.5 Å². The van der Waals surface area contributed by atoms with Crippen LogP contribution in [0.3, 0.4) is 0 Å². The van der Waals surface area contributed by atoms with Crippen LogP contribution >= 0.6 is 11.6 Å². The molecule has 2 amide bonds. The standard InChI is InChI=1S/C28H28ClF3N4O2/c29-18-8-11-22-21(14-18)23(15-25(35-22)28(30,31)32)33-16-17-6-9-19(10-7-17)34-27(38)24-12-13-26(37)36(24)20-4-2-1-3-5-20/h1-5,8,11,14-15,17,19,24H,6-7,9-10,12-13,16H2,(H,33,35)(H,34,38). The number of nitrogens with one attached hydrogen (secondary N) is 2. The lowest BCUT2D eigenvalue weighted by atomic mass is 9.85. The number of halogens is 4. The minimum absolute atomic E-state index is 0.00414. The van der Waals surface area contributed by atoms with Gasteiger partial charge in [0.1, 0.15) is 11.7 Å². The first-order chi connectivity index (χ1) is 18.2. The molecule has 200 valence electrons. The number of carbonyl (C=O) groups is 2. The molecule has 1 unspecified atom stereocenters. The van der Waals surface area contributed by atoms with Crippen molar-refractivity contribution in [2.24, 2.45) is 5.92 Å². The van der Waals surface area contributed by atoms with Gasteiger partial charge in [-0.1, -0.05) is 29.8 Å². The van der Waals surface area contributed by atoms with Crippen molar-refractivity contribution in [3.8, 4) is 0 Å². The summed E-state index contributed by atoms with van der Waals surface area (Å²) in [6, 6.07) is 14.4. The van der Waals surface area contributed by atoms with Gasteiger partial charge in [-0.05, 0) is 74.4 Å². The van der Waals surface area contributed by atoms with E-state index in [-0.39, 0.29) is 29.3 Å². The van der Waals surface area contributed by atoms with E-state index in [4.69, 9.17) is 11.6 Å². The van der Waals surface area contributed by atoms with Crippen molar-refractivity contribution in [1.29, 1.82) is 0 Å². The summed E-state index contributed by atoms with van der Waals surface area (Å²) in [6.07, 6.45) is -0.555. The zero-order valence-corrected chi connectivity index (χ0v) is 21.4. The molecule has 6 nitrogen and oxygen atoms in total. The summed E-state index contributed by atoms with van der Waals surface area (Å²) in [7, 11) is 0. The molecule has 2 aliphatic rings. The highest BCUT2D eigenvalue weighted by Crippen LogP contribution is 2.35. The van der Waals surface area contributed by atoms with Crippen molar-refractivity contribution in [1.82, 2.24) is 10.3 Å². The molecule has 1 atom stereocenters. The second kappa shape index (κ2) is 10.8. The number of rotatable bonds is 6. The van der Waals surface area contributed by atoms with Crippen LogP contribution in [-0.4, -0.2) is 35.4 Å². The van der Waals surface area contributed by atoms with Crippen LogP contribution < -0.4 is 15.5 Å². The van der Waals surface area contributed by atoms with Crippen molar-refractivity contribution in [3.63, 3.8) is 0 Å². The first-order valence-corrected chi connectivity index (χ1v) is 13.2. The van der Waals surface area contributed by atoms with Gasteiger partial charge in [-0.2, -0.15) is 13.2 Å². The Hall–Kier alpha value is -3.33. The fourth-order valence-electron chi connectivity index (χ4n) is 5.40. The Bertz CT molecular complexity index is 1330. The quantitative estimate of drug-likeness (QED) is 0.388. The number of carbonyl (C=O) groups excluding carboxylic acids is 2. The van der Waals surface area contributed by atoms with E-state index in [0.717, 1.165) is 37.4 Å². The molecule has 0 bridgehead atoms. The van der Waals surface area contributed by atoms with Crippen molar-refractivity contribution < 1.29 is 22.8 Å². The third-order valence-electron chi connectivity index (χ3n) is 7.38. The van der Waals surface area contributed by atoms with Crippen LogP contribution in [0.2, 0.25) is 5.02 Å². The molecular formula is C28H28ClF3N4O2. The van der Waals surface area contributed by atoms with E-state index in [1.54, 1.807) is 11.0 Å². The number of para-hydroxylation sites is 1. The molecule has 0 spiro atoms. The van der Waals surface area contributed by atoms with Gasteiger partial charge in [0.15, 0.2) is 0 Å². The lowest BCUT2D eigenvalue weighted by Gasteiger charge is -2.31. The van der Waals surface area contributed by atoms with E-state index in [1.807, 2.05) is 30.3 Å². The van der Waals surface area contributed by atoms with Crippen molar-refractivity contribution >= 4 is 45.7 Å². The van der Waals surface area contributed by atoms with Gasteiger partial charge < -0.3 is 10.6 Å². The van der Waals surface area contributed by atoms with Crippen LogP contribution in [0.1, 0.15) is 44.2 Å². The summed E-state index contributed by atoms with van der Waals surface area (Å²) in [6.45, 7) is 0.502. The first-order valence-electron chi connectivity index (χ1n) is 12.8. The fourth-order valence-corrected chi connectivity index (χ4v) is 5.57. The minimum Gasteiger partial charge on any atom is -0.384 e. The SMILES string of the molecule is O=C(NC1CCC(CNc2cc(C(F)(F)F)nc3ccc(Cl)cc23)CC1)C1CCC(=O)N1c1ccccc1. The average molecular weight is 545 g/mol. The van der Waals surface area contributed by atoms with Gasteiger partial charge in [-0.15, -0.1) is 0 Å². The molecule has 1 saturated carbocycles. The molecule has 1 saturated heterocycles. The summed E-state index contributed by atoms with van der Waals surface area (Å²) in [5.41, 5.74) is 0.361. The zero-order valence-electron chi connectivity index (χ0n) is 20.6. The monoisotopic (exact) mass is 544 g/mol. The highest BCUT2D eigenvalue weighted by Gasteiger charge is 2.38. The van der Waals surface area contributed by atoms with Crippen LogP contribution in [0.5, 0.6) is 0 Å². The Morgan fingerprint density at radius 2 is 1.76 bits per heavy atom. The lowest BCUT2D eigenvalue weighted by Crippen LogP contribution is -2.49. The molecule has 1 aromatic heterocycles. The van der Waals surface area contributed by atoms with Crippen LogP contribution in [0.15, 0.2) is 54.6 Å². The maximum atomic E-state index is 13.4. The van der Waals surface area contributed by atoms with Crippen LogP contribution in [0.25, 0.3) is 10.9 Å². The van der Waals surface area contributed by atoms with E-state index in [1.165, 1.54) is 12.1 Å². The van der Waals surface area contributed by atoms with Crippen molar-refractivity contribution in [2.75, 3.05) is 16.8 Å². The van der Waals surface area contributed by atoms with Gasteiger partial charge in [-0.25, -0.2) is 4.98 Å². The van der Waals surface area contributed by atoms with Crippen LogP contribution in [0.4, 0.5) is 24.5 Å². The molecule has 38 heavy (non-hydrogen) atoms. The second-order valence-electron chi connectivity index (χ2n) is 9.98. The summed E-state index contributed by atoms with van der Waals surface area (Å²) < 4.78 is 40.2.